The molecule has 1 aromatic rings. The lowest BCUT2D eigenvalue weighted by Gasteiger charge is -2.13. The highest BCUT2D eigenvalue weighted by Crippen LogP contribution is 2.19. The maximum absolute atomic E-state index is 11.7. The van der Waals surface area contributed by atoms with Gasteiger partial charge in [-0.05, 0) is 25.0 Å². The highest BCUT2D eigenvalue weighted by atomic mass is 16.5. The third-order valence-electron chi connectivity index (χ3n) is 2.83. The van der Waals surface area contributed by atoms with E-state index in [2.05, 4.69) is 5.32 Å². The number of nitrogens with two attached hydrogens (primary N) is 1. The monoisotopic (exact) mass is 250 g/mol. The fraction of sp³-hybridized carbons (Fsp3) is 0.500. The zero-order valence-electron chi connectivity index (χ0n) is 11.3. The van der Waals surface area contributed by atoms with E-state index in [0.29, 0.717) is 13.0 Å². The van der Waals surface area contributed by atoms with Gasteiger partial charge in [-0.3, -0.25) is 4.79 Å². The standard InChI is InChI=1S/C14H22N2O2/c1-4-5-12(15)14(17)16-9-11-7-6-10(2)8-13(11)18-3/h6-8,12H,4-5,9,15H2,1-3H3,(H,16,17). The molecule has 0 heterocycles. The van der Waals surface area contributed by atoms with Crippen molar-refractivity contribution < 1.29 is 9.53 Å². The number of ether oxygens (including phenoxy) is 1. The van der Waals surface area contributed by atoms with Gasteiger partial charge < -0.3 is 15.8 Å². The number of benzene rings is 1. The van der Waals surface area contributed by atoms with Crippen LogP contribution in [0.3, 0.4) is 0 Å². The van der Waals surface area contributed by atoms with Crippen LogP contribution in [-0.2, 0) is 11.3 Å². The number of carbonyl (C=O) groups excluding carboxylic acids is 1. The fourth-order valence-electron chi connectivity index (χ4n) is 1.75. The quantitative estimate of drug-likeness (QED) is 0.808. The molecule has 0 saturated carbocycles. The molecule has 3 N–H and O–H groups in total. The molecular formula is C14H22N2O2. The molecule has 18 heavy (non-hydrogen) atoms. The van der Waals surface area contributed by atoms with Crippen LogP contribution in [0.1, 0.15) is 30.9 Å². The minimum Gasteiger partial charge on any atom is -0.496 e. The zero-order valence-corrected chi connectivity index (χ0v) is 11.3. The van der Waals surface area contributed by atoms with Crippen LogP contribution in [-0.4, -0.2) is 19.1 Å². The average molecular weight is 250 g/mol. The number of nitrogens with one attached hydrogen (secondary N) is 1. The lowest BCUT2D eigenvalue weighted by molar-refractivity contribution is -0.122. The van der Waals surface area contributed by atoms with E-state index in [-0.39, 0.29) is 5.91 Å². The Morgan fingerprint density at radius 1 is 1.50 bits per heavy atom. The second-order valence-corrected chi connectivity index (χ2v) is 4.43. The number of hydrogen-bond donors (Lipinski definition) is 2. The molecule has 1 atom stereocenters. The largest absolute Gasteiger partial charge is 0.496 e. The molecule has 0 radical (unpaired) electrons. The average Bonchev–Trinajstić information content (AvgIpc) is 2.37. The van der Waals surface area contributed by atoms with Crippen LogP contribution in [0.15, 0.2) is 18.2 Å². The predicted molar refractivity (Wildman–Crippen MR) is 72.5 cm³/mol. The number of aryl methyl sites for hydroxylation is 1. The molecular weight excluding hydrogens is 228 g/mol. The van der Waals surface area contributed by atoms with Crippen molar-refractivity contribution in [3.05, 3.63) is 29.3 Å². The van der Waals surface area contributed by atoms with Crippen LogP contribution < -0.4 is 15.8 Å². The molecule has 1 rings (SSSR count). The molecule has 0 aliphatic carbocycles. The van der Waals surface area contributed by atoms with Crippen molar-refractivity contribution in [3.8, 4) is 5.75 Å². The van der Waals surface area contributed by atoms with E-state index in [1.165, 1.54) is 0 Å². The summed E-state index contributed by atoms with van der Waals surface area (Å²) in [5.41, 5.74) is 7.83. The normalized spacial score (nSPS) is 12.0. The lowest BCUT2D eigenvalue weighted by atomic mass is 10.1. The van der Waals surface area contributed by atoms with Gasteiger partial charge in [-0.15, -0.1) is 0 Å². The molecule has 0 aliphatic rings. The second-order valence-electron chi connectivity index (χ2n) is 4.43. The van der Waals surface area contributed by atoms with Gasteiger partial charge in [-0.25, -0.2) is 0 Å². The second kappa shape index (κ2) is 7.01. The topological polar surface area (TPSA) is 64.4 Å². The van der Waals surface area contributed by atoms with Gasteiger partial charge in [0.1, 0.15) is 5.75 Å². The van der Waals surface area contributed by atoms with Crippen LogP contribution >= 0.6 is 0 Å². The Bertz CT molecular complexity index is 405. The van der Waals surface area contributed by atoms with E-state index in [1.54, 1.807) is 7.11 Å². The molecule has 0 saturated heterocycles. The molecule has 1 unspecified atom stereocenters. The Hall–Kier alpha value is -1.55. The first-order valence-corrected chi connectivity index (χ1v) is 6.25. The lowest BCUT2D eigenvalue weighted by Crippen LogP contribution is -2.40. The Kier molecular flexibility index (Phi) is 5.65. The minimum absolute atomic E-state index is 0.112. The van der Waals surface area contributed by atoms with Gasteiger partial charge in [0.05, 0.1) is 13.2 Å². The number of hydrogen-bond acceptors (Lipinski definition) is 3. The predicted octanol–water partition coefficient (Wildman–Crippen LogP) is 1.75. The van der Waals surface area contributed by atoms with Crippen molar-refractivity contribution in [2.75, 3.05) is 7.11 Å². The Balaban J connectivity index is 2.60. The molecule has 0 aromatic heterocycles. The van der Waals surface area contributed by atoms with E-state index in [9.17, 15) is 4.79 Å². The van der Waals surface area contributed by atoms with Crippen molar-refractivity contribution >= 4 is 5.91 Å². The Morgan fingerprint density at radius 2 is 2.22 bits per heavy atom. The first kappa shape index (κ1) is 14.5. The molecule has 4 heteroatoms. The third kappa shape index (κ3) is 4.04. The molecule has 4 nitrogen and oxygen atoms in total. The SMILES string of the molecule is CCCC(N)C(=O)NCc1ccc(C)cc1OC. The van der Waals surface area contributed by atoms with Gasteiger partial charge in [-0.1, -0.05) is 25.5 Å². The zero-order chi connectivity index (χ0) is 13.5. The summed E-state index contributed by atoms with van der Waals surface area (Å²) < 4.78 is 5.28. The molecule has 0 bridgehead atoms. The van der Waals surface area contributed by atoms with E-state index in [0.717, 1.165) is 23.3 Å². The van der Waals surface area contributed by atoms with Crippen LogP contribution in [0.25, 0.3) is 0 Å². The summed E-state index contributed by atoms with van der Waals surface area (Å²) in [4.78, 5) is 11.7. The fourth-order valence-corrected chi connectivity index (χ4v) is 1.75. The van der Waals surface area contributed by atoms with Crippen molar-refractivity contribution in [1.29, 1.82) is 0 Å². The number of rotatable bonds is 6. The smallest absolute Gasteiger partial charge is 0.237 e. The highest BCUT2D eigenvalue weighted by Gasteiger charge is 2.12. The van der Waals surface area contributed by atoms with Gasteiger partial charge in [0.25, 0.3) is 0 Å². The van der Waals surface area contributed by atoms with Crippen LogP contribution in [0.5, 0.6) is 5.75 Å². The Morgan fingerprint density at radius 3 is 2.83 bits per heavy atom. The van der Waals surface area contributed by atoms with Gasteiger partial charge in [0, 0.05) is 12.1 Å². The third-order valence-corrected chi connectivity index (χ3v) is 2.83. The van der Waals surface area contributed by atoms with Gasteiger partial charge in [0.2, 0.25) is 5.91 Å². The number of amides is 1. The molecule has 100 valence electrons. The first-order valence-electron chi connectivity index (χ1n) is 6.25. The van der Waals surface area contributed by atoms with Crippen molar-refractivity contribution in [2.45, 2.75) is 39.3 Å². The molecule has 1 aromatic carbocycles. The summed E-state index contributed by atoms with van der Waals surface area (Å²) in [6, 6.07) is 5.48. The summed E-state index contributed by atoms with van der Waals surface area (Å²) in [5.74, 6) is 0.679. The Labute approximate surface area is 109 Å². The van der Waals surface area contributed by atoms with Crippen LogP contribution in [0.2, 0.25) is 0 Å². The van der Waals surface area contributed by atoms with E-state index >= 15 is 0 Å². The van der Waals surface area contributed by atoms with Crippen molar-refractivity contribution in [2.24, 2.45) is 5.73 Å². The van der Waals surface area contributed by atoms with E-state index < -0.39 is 6.04 Å². The maximum atomic E-state index is 11.7. The molecule has 0 aliphatic heterocycles. The van der Waals surface area contributed by atoms with E-state index in [4.69, 9.17) is 10.5 Å². The van der Waals surface area contributed by atoms with Gasteiger partial charge in [0.15, 0.2) is 0 Å². The van der Waals surface area contributed by atoms with E-state index in [1.807, 2.05) is 32.0 Å². The summed E-state index contributed by atoms with van der Waals surface area (Å²) in [6.07, 6.45) is 1.61. The molecule has 0 fully saturated rings. The van der Waals surface area contributed by atoms with Crippen molar-refractivity contribution in [3.63, 3.8) is 0 Å². The summed E-state index contributed by atoms with van der Waals surface area (Å²) in [7, 11) is 1.63. The molecule has 0 spiro atoms. The van der Waals surface area contributed by atoms with Gasteiger partial charge >= 0.3 is 0 Å². The number of methoxy groups -OCH3 is 1. The summed E-state index contributed by atoms with van der Waals surface area (Å²) in [6.45, 7) is 4.46. The number of carbonyl (C=O) groups is 1. The molecule has 1 amide bonds. The summed E-state index contributed by atoms with van der Waals surface area (Å²) >= 11 is 0. The van der Waals surface area contributed by atoms with Crippen LogP contribution in [0.4, 0.5) is 0 Å². The van der Waals surface area contributed by atoms with Crippen LogP contribution in [0, 0.1) is 6.92 Å². The maximum Gasteiger partial charge on any atom is 0.237 e. The van der Waals surface area contributed by atoms with Crippen molar-refractivity contribution in [1.82, 2.24) is 5.32 Å². The highest BCUT2D eigenvalue weighted by molar-refractivity contribution is 5.81. The minimum atomic E-state index is -0.425. The van der Waals surface area contributed by atoms with Gasteiger partial charge in [-0.2, -0.15) is 0 Å². The summed E-state index contributed by atoms with van der Waals surface area (Å²) in [5, 5.41) is 2.83. The first-order chi connectivity index (χ1) is 8.58.